The van der Waals surface area contributed by atoms with Crippen LogP contribution in [0.1, 0.15) is 23.9 Å². The fourth-order valence-electron chi connectivity index (χ4n) is 2.61. The first kappa shape index (κ1) is 22.0. The highest BCUT2D eigenvalue weighted by atomic mass is 79.9. The summed E-state index contributed by atoms with van der Waals surface area (Å²) in [7, 11) is 0. The Morgan fingerprint density at radius 3 is 2.59 bits per heavy atom. The maximum absolute atomic E-state index is 6.08. The van der Waals surface area contributed by atoms with Crippen LogP contribution in [0.4, 0.5) is 0 Å². The maximum atomic E-state index is 6.08. The van der Waals surface area contributed by atoms with E-state index in [1.54, 1.807) is 16.8 Å². The summed E-state index contributed by atoms with van der Waals surface area (Å²) in [6, 6.07) is 9.23. The molecule has 0 aliphatic rings. The average molecular weight is 518 g/mol. The Morgan fingerprint density at radius 1 is 1.17 bits per heavy atom. The van der Waals surface area contributed by atoms with E-state index in [1.807, 2.05) is 32.0 Å². The lowest BCUT2D eigenvalue weighted by molar-refractivity contribution is 0.269. The predicted octanol–water partition coefficient (Wildman–Crippen LogP) is 6.04. The topological polar surface area (TPSA) is 64.1 Å². The Hall–Kier alpha value is -1.74. The monoisotopic (exact) mass is 516 g/mol. The Balaban J connectivity index is 1.78. The molecule has 1 aromatic heterocycles. The second-order valence-corrected chi connectivity index (χ2v) is 8.16. The van der Waals surface area contributed by atoms with Crippen LogP contribution in [0.25, 0.3) is 0 Å². The SMILES string of the molecule is CCOc1cc(CNn2c(C)n[nH]c2=S)c(Br)cc1OCc1ccc(Cl)c(Cl)c1. The summed E-state index contributed by atoms with van der Waals surface area (Å²) in [4.78, 5) is 0. The van der Waals surface area contributed by atoms with Gasteiger partial charge in [0.25, 0.3) is 0 Å². The molecule has 0 fully saturated rings. The van der Waals surface area contributed by atoms with Crippen molar-refractivity contribution in [2.24, 2.45) is 0 Å². The molecule has 154 valence electrons. The van der Waals surface area contributed by atoms with Gasteiger partial charge in [-0.1, -0.05) is 45.2 Å². The molecular formula is C19H19BrCl2N4O2S. The van der Waals surface area contributed by atoms with Crippen LogP contribution in [0.3, 0.4) is 0 Å². The van der Waals surface area contributed by atoms with Crippen molar-refractivity contribution in [2.45, 2.75) is 27.0 Å². The van der Waals surface area contributed by atoms with E-state index in [4.69, 9.17) is 44.9 Å². The number of nitrogens with zero attached hydrogens (tertiary/aromatic N) is 2. The molecule has 3 rings (SSSR count). The molecule has 29 heavy (non-hydrogen) atoms. The number of halogens is 3. The third kappa shape index (κ3) is 5.45. The largest absolute Gasteiger partial charge is 0.490 e. The molecular weight excluding hydrogens is 499 g/mol. The van der Waals surface area contributed by atoms with E-state index in [1.165, 1.54) is 0 Å². The standard InChI is InChI=1S/C19H19BrCl2N4O2S/c1-3-27-17-7-13(9-23-26-11(2)24-25-19(26)29)14(20)8-18(17)28-10-12-4-5-15(21)16(22)6-12/h4-8,23H,3,9-10H2,1-2H3,(H,25,29). The van der Waals surface area contributed by atoms with Crippen molar-refractivity contribution < 1.29 is 9.47 Å². The van der Waals surface area contributed by atoms with Crippen LogP contribution in [-0.4, -0.2) is 21.5 Å². The van der Waals surface area contributed by atoms with Crippen molar-refractivity contribution in [1.29, 1.82) is 0 Å². The summed E-state index contributed by atoms with van der Waals surface area (Å²) >= 11 is 20.9. The van der Waals surface area contributed by atoms with Crippen LogP contribution in [0.5, 0.6) is 11.5 Å². The van der Waals surface area contributed by atoms with Gasteiger partial charge in [0.2, 0.25) is 4.77 Å². The van der Waals surface area contributed by atoms with Gasteiger partial charge in [0, 0.05) is 4.47 Å². The Labute approximate surface area is 192 Å². The zero-order valence-electron chi connectivity index (χ0n) is 15.8. The Morgan fingerprint density at radius 2 is 1.93 bits per heavy atom. The molecule has 0 unspecified atom stereocenters. The number of ether oxygens (including phenoxy) is 2. The molecule has 0 spiro atoms. The molecule has 2 aromatic carbocycles. The second kappa shape index (κ2) is 9.84. The molecule has 0 amide bonds. The summed E-state index contributed by atoms with van der Waals surface area (Å²) in [6.07, 6.45) is 0. The van der Waals surface area contributed by atoms with Crippen molar-refractivity contribution in [3.8, 4) is 11.5 Å². The number of H-pyrrole nitrogens is 1. The maximum Gasteiger partial charge on any atom is 0.214 e. The molecule has 3 aromatic rings. The molecule has 2 N–H and O–H groups in total. The summed E-state index contributed by atoms with van der Waals surface area (Å²) < 4.78 is 14.9. The molecule has 10 heteroatoms. The number of nitrogens with one attached hydrogen (secondary N) is 2. The first-order valence-electron chi connectivity index (χ1n) is 8.79. The zero-order valence-corrected chi connectivity index (χ0v) is 19.7. The van der Waals surface area contributed by atoms with E-state index in [0.717, 1.165) is 21.4 Å². The van der Waals surface area contributed by atoms with Gasteiger partial charge in [-0.05, 0) is 61.5 Å². The summed E-state index contributed by atoms with van der Waals surface area (Å²) in [5, 5.41) is 7.84. The summed E-state index contributed by atoms with van der Waals surface area (Å²) in [6.45, 7) is 5.16. The molecule has 0 radical (unpaired) electrons. The lowest BCUT2D eigenvalue weighted by Crippen LogP contribution is -2.16. The molecule has 6 nitrogen and oxygen atoms in total. The van der Waals surface area contributed by atoms with Gasteiger partial charge < -0.3 is 14.9 Å². The number of aryl methyl sites for hydroxylation is 1. The number of benzene rings is 2. The molecule has 0 saturated carbocycles. The average Bonchev–Trinajstić information content (AvgIpc) is 3.01. The highest BCUT2D eigenvalue weighted by Crippen LogP contribution is 2.35. The van der Waals surface area contributed by atoms with Gasteiger partial charge in [-0.2, -0.15) is 5.10 Å². The first-order valence-corrected chi connectivity index (χ1v) is 10.7. The first-order chi connectivity index (χ1) is 13.9. The van der Waals surface area contributed by atoms with E-state index in [-0.39, 0.29) is 0 Å². The summed E-state index contributed by atoms with van der Waals surface area (Å²) in [5.74, 6) is 2.03. The van der Waals surface area contributed by atoms with Gasteiger partial charge in [-0.3, -0.25) is 5.10 Å². The Kier molecular flexibility index (Phi) is 7.45. The minimum atomic E-state index is 0.338. The van der Waals surface area contributed by atoms with Crippen molar-refractivity contribution in [3.63, 3.8) is 0 Å². The van der Waals surface area contributed by atoms with Crippen LogP contribution >= 0.6 is 51.3 Å². The fraction of sp³-hybridized carbons (Fsp3) is 0.263. The molecule has 0 aliphatic carbocycles. The minimum Gasteiger partial charge on any atom is -0.490 e. The Bertz CT molecular complexity index is 1070. The molecule has 1 heterocycles. The number of hydrogen-bond acceptors (Lipinski definition) is 5. The molecule has 0 atom stereocenters. The lowest BCUT2D eigenvalue weighted by atomic mass is 10.2. The zero-order chi connectivity index (χ0) is 21.0. The van der Waals surface area contributed by atoms with Gasteiger partial charge in [0.15, 0.2) is 11.5 Å². The van der Waals surface area contributed by atoms with Gasteiger partial charge in [-0.25, -0.2) is 4.68 Å². The number of aromatic nitrogens is 3. The molecule has 0 aliphatic heterocycles. The third-order valence-corrected chi connectivity index (χ3v) is 5.81. The highest BCUT2D eigenvalue weighted by molar-refractivity contribution is 9.10. The van der Waals surface area contributed by atoms with Crippen LogP contribution in [0.2, 0.25) is 10.0 Å². The second-order valence-electron chi connectivity index (χ2n) is 6.11. The van der Waals surface area contributed by atoms with Gasteiger partial charge in [0.05, 0.1) is 23.2 Å². The normalized spacial score (nSPS) is 10.8. The van der Waals surface area contributed by atoms with Crippen molar-refractivity contribution >= 4 is 51.3 Å². The highest BCUT2D eigenvalue weighted by Gasteiger charge is 2.12. The number of hydrogen-bond donors (Lipinski definition) is 2. The minimum absolute atomic E-state index is 0.338. The van der Waals surface area contributed by atoms with Gasteiger partial charge in [0.1, 0.15) is 12.4 Å². The van der Waals surface area contributed by atoms with Gasteiger partial charge >= 0.3 is 0 Å². The van der Waals surface area contributed by atoms with E-state index >= 15 is 0 Å². The predicted molar refractivity (Wildman–Crippen MR) is 121 cm³/mol. The van der Waals surface area contributed by atoms with E-state index < -0.39 is 0 Å². The lowest BCUT2D eigenvalue weighted by Gasteiger charge is -2.16. The quantitative estimate of drug-likeness (QED) is 0.356. The fourth-order valence-corrected chi connectivity index (χ4v) is 3.64. The molecule has 0 saturated heterocycles. The third-order valence-electron chi connectivity index (χ3n) is 4.06. The van der Waals surface area contributed by atoms with Gasteiger partial charge in [-0.15, -0.1) is 0 Å². The van der Waals surface area contributed by atoms with Crippen molar-refractivity contribution in [3.05, 3.63) is 66.6 Å². The summed E-state index contributed by atoms with van der Waals surface area (Å²) in [5.41, 5.74) is 5.14. The van der Waals surface area contributed by atoms with E-state index in [9.17, 15) is 0 Å². The van der Waals surface area contributed by atoms with Crippen LogP contribution in [0, 0.1) is 11.7 Å². The number of aromatic amines is 1. The van der Waals surface area contributed by atoms with Crippen LogP contribution in [-0.2, 0) is 13.2 Å². The van der Waals surface area contributed by atoms with E-state index in [0.29, 0.717) is 46.1 Å². The number of rotatable bonds is 8. The van der Waals surface area contributed by atoms with Crippen LogP contribution < -0.4 is 14.9 Å². The van der Waals surface area contributed by atoms with Crippen LogP contribution in [0.15, 0.2) is 34.8 Å². The van der Waals surface area contributed by atoms with E-state index in [2.05, 4.69) is 31.6 Å². The molecule has 0 bridgehead atoms. The van der Waals surface area contributed by atoms with Crippen molar-refractivity contribution in [2.75, 3.05) is 12.0 Å². The van der Waals surface area contributed by atoms with Crippen molar-refractivity contribution in [1.82, 2.24) is 14.9 Å². The smallest absolute Gasteiger partial charge is 0.214 e.